The van der Waals surface area contributed by atoms with E-state index in [4.69, 9.17) is 0 Å². The van der Waals surface area contributed by atoms with Gasteiger partial charge in [-0.05, 0) is 82.9 Å². The van der Waals surface area contributed by atoms with Crippen LogP contribution in [0.5, 0.6) is 0 Å². The Morgan fingerprint density at radius 3 is 1.90 bits per heavy atom. The number of nitriles is 3. The number of hydrogen-bond donors (Lipinski definition) is 0. The van der Waals surface area contributed by atoms with Crippen LogP contribution in [0.3, 0.4) is 0 Å². The standard InChI is InChI=1S/C46H27N5/c47-25-24-33-27-32(37-9-1-4-13-42(37)51-44-15-6-3-11-39(44)41-26-30(28-48)16-23-45(41)51)19-22-36(33)31-17-20-35(21-18-31)50-43-14-5-2-10-38(43)40-12-7-8-34(29-49)46(40)50/h1-23,26-27H,24H2. The maximum atomic E-state index is 9.99. The molecule has 0 spiro atoms. The first kappa shape index (κ1) is 29.7. The van der Waals surface area contributed by atoms with Crippen LogP contribution in [0.1, 0.15) is 16.7 Å². The Balaban J connectivity index is 1.16. The average Bonchev–Trinajstić information content (AvgIpc) is 3.71. The highest BCUT2D eigenvalue weighted by Gasteiger charge is 2.18. The molecule has 2 heterocycles. The van der Waals surface area contributed by atoms with Gasteiger partial charge in [-0.25, -0.2) is 0 Å². The van der Waals surface area contributed by atoms with Crippen LogP contribution < -0.4 is 0 Å². The second-order valence-electron chi connectivity index (χ2n) is 12.6. The van der Waals surface area contributed by atoms with Gasteiger partial charge in [-0.3, -0.25) is 0 Å². The van der Waals surface area contributed by atoms with Gasteiger partial charge in [0.05, 0.1) is 57.4 Å². The van der Waals surface area contributed by atoms with E-state index < -0.39 is 0 Å². The van der Waals surface area contributed by atoms with Crippen molar-refractivity contribution in [3.63, 3.8) is 0 Å². The Morgan fingerprint density at radius 2 is 1.14 bits per heavy atom. The molecule has 9 rings (SSSR count). The van der Waals surface area contributed by atoms with Crippen LogP contribution in [0.15, 0.2) is 152 Å². The molecule has 7 aromatic carbocycles. The fourth-order valence-corrected chi connectivity index (χ4v) is 7.66. The van der Waals surface area contributed by atoms with Crippen molar-refractivity contribution >= 4 is 43.6 Å². The second-order valence-corrected chi connectivity index (χ2v) is 12.6. The van der Waals surface area contributed by atoms with Gasteiger partial charge in [0.25, 0.3) is 0 Å². The Hall–Kier alpha value is -7.39. The van der Waals surface area contributed by atoms with E-state index in [1.807, 2.05) is 66.7 Å². The van der Waals surface area contributed by atoms with Crippen molar-refractivity contribution < 1.29 is 0 Å². The minimum absolute atomic E-state index is 0.262. The highest BCUT2D eigenvalue weighted by atomic mass is 15.0. The third-order valence-corrected chi connectivity index (χ3v) is 9.88. The highest BCUT2D eigenvalue weighted by Crippen LogP contribution is 2.39. The van der Waals surface area contributed by atoms with E-state index in [0.29, 0.717) is 11.1 Å². The van der Waals surface area contributed by atoms with Gasteiger partial charge in [-0.2, -0.15) is 15.8 Å². The zero-order valence-corrected chi connectivity index (χ0v) is 27.4. The molecule has 0 bridgehead atoms. The molecule has 0 aliphatic rings. The molecule has 9 aromatic rings. The predicted octanol–water partition coefficient (Wildman–Crippen LogP) is 11.0. The first-order chi connectivity index (χ1) is 25.2. The predicted molar refractivity (Wildman–Crippen MR) is 205 cm³/mol. The van der Waals surface area contributed by atoms with E-state index in [0.717, 1.165) is 82.8 Å². The molecular weight excluding hydrogens is 623 g/mol. The zero-order chi connectivity index (χ0) is 34.5. The average molecular weight is 650 g/mol. The SMILES string of the molecule is N#CCc1cc(-c2ccccc2-n2c3ccccc3c3cc(C#N)ccc32)ccc1-c1ccc(-n2c3ccccc3c3cccc(C#N)c32)cc1. The lowest BCUT2D eigenvalue weighted by Crippen LogP contribution is -1.98. The first-order valence-corrected chi connectivity index (χ1v) is 16.7. The van der Waals surface area contributed by atoms with Crippen molar-refractivity contribution in [2.45, 2.75) is 6.42 Å². The number of para-hydroxylation sites is 4. The number of aromatic nitrogens is 2. The molecular formula is C46H27N5. The van der Waals surface area contributed by atoms with Gasteiger partial charge in [0.15, 0.2) is 0 Å². The number of benzene rings is 7. The molecule has 0 saturated heterocycles. The Bertz CT molecular complexity index is 2970. The summed E-state index contributed by atoms with van der Waals surface area (Å²) in [5.74, 6) is 0. The van der Waals surface area contributed by atoms with Gasteiger partial charge in [0.1, 0.15) is 6.07 Å². The summed E-state index contributed by atoms with van der Waals surface area (Å²) in [5.41, 5.74) is 12.3. The van der Waals surface area contributed by atoms with Gasteiger partial charge in [-0.15, -0.1) is 0 Å². The van der Waals surface area contributed by atoms with E-state index in [-0.39, 0.29) is 6.42 Å². The van der Waals surface area contributed by atoms with Gasteiger partial charge >= 0.3 is 0 Å². The highest BCUT2D eigenvalue weighted by molar-refractivity contribution is 6.11. The monoisotopic (exact) mass is 649 g/mol. The summed E-state index contributed by atoms with van der Waals surface area (Å²) in [5, 5.41) is 33.8. The van der Waals surface area contributed by atoms with Crippen LogP contribution in [0.2, 0.25) is 0 Å². The molecule has 5 heteroatoms. The summed E-state index contributed by atoms with van der Waals surface area (Å²) in [6, 6.07) is 58.5. The smallest absolute Gasteiger partial charge is 0.101 e. The number of nitrogens with zero attached hydrogens (tertiary/aromatic N) is 5. The molecule has 2 aromatic heterocycles. The molecule has 5 nitrogen and oxygen atoms in total. The lowest BCUT2D eigenvalue weighted by molar-refractivity contribution is 1.17. The van der Waals surface area contributed by atoms with Gasteiger partial charge in [0, 0.05) is 32.8 Å². The molecule has 0 aliphatic heterocycles. The Labute approximate surface area is 294 Å². The van der Waals surface area contributed by atoms with E-state index >= 15 is 0 Å². The van der Waals surface area contributed by atoms with Crippen molar-refractivity contribution in [3.05, 3.63) is 168 Å². The molecule has 0 N–H and O–H groups in total. The summed E-state index contributed by atoms with van der Waals surface area (Å²) >= 11 is 0. The van der Waals surface area contributed by atoms with Crippen molar-refractivity contribution in [2.75, 3.05) is 0 Å². The minimum atomic E-state index is 0.262. The first-order valence-electron chi connectivity index (χ1n) is 16.7. The van der Waals surface area contributed by atoms with Gasteiger partial charge in [-0.1, -0.05) is 91.0 Å². The normalized spacial score (nSPS) is 11.2. The minimum Gasteiger partial charge on any atom is -0.309 e. The summed E-state index contributed by atoms with van der Waals surface area (Å²) in [7, 11) is 0. The van der Waals surface area contributed by atoms with Crippen LogP contribution in [0, 0.1) is 34.0 Å². The zero-order valence-electron chi connectivity index (χ0n) is 27.4. The molecule has 0 atom stereocenters. The number of fused-ring (bicyclic) bond motifs is 6. The maximum absolute atomic E-state index is 9.99. The molecule has 0 saturated carbocycles. The maximum Gasteiger partial charge on any atom is 0.101 e. The number of hydrogen-bond acceptors (Lipinski definition) is 3. The lowest BCUT2D eigenvalue weighted by Gasteiger charge is -2.16. The molecule has 0 radical (unpaired) electrons. The molecule has 0 aliphatic carbocycles. The summed E-state index contributed by atoms with van der Waals surface area (Å²) in [6.45, 7) is 0. The molecule has 0 fully saturated rings. The van der Waals surface area contributed by atoms with Gasteiger partial charge < -0.3 is 9.13 Å². The largest absolute Gasteiger partial charge is 0.309 e. The third kappa shape index (κ3) is 4.67. The van der Waals surface area contributed by atoms with E-state index in [1.165, 1.54) is 0 Å². The van der Waals surface area contributed by atoms with Crippen molar-refractivity contribution in [1.82, 2.24) is 9.13 Å². The fourth-order valence-electron chi connectivity index (χ4n) is 7.66. The van der Waals surface area contributed by atoms with Crippen LogP contribution in [-0.4, -0.2) is 9.13 Å². The van der Waals surface area contributed by atoms with E-state index in [9.17, 15) is 15.8 Å². The van der Waals surface area contributed by atoms with Gasteiger partial charge in [0.2, 0.25) is 0 Å². The van der Waals surface area contributed by atoms with Crippen LogP contribution in [0.25, 0.3) is 77.2 Å². The molecule has 0 amide bonds. The van der Waals surface area contributed by atoms with Crippen molar-refractivity contribution in [1.29, 1.82) is 15.8 Å². The summed E-state index contributed by atoms with van der Waals surface area (Å²) in [6.07, 6.45) is 0.262. The van der Waals surface area contributed by atoms with E-state index in [2.05, 4.69) is 112 Å². The lowest BCUT2D eigenvalue weighted by atomic mass is 9.93. The quantitative estimate of drug-likeness (QED) is 0.186. The topological polar surface area (TPSA) is 81.2 Å². The molecule has 0 unspecified atom stereocenters. The third-order valence-electron chi connectivity index (χ3n) is 9.88. The number of rotatable bonds is 5. The van der Waals surface area contributed by atoms with Crippen LogP contribution >= 0.6 is 0 Å². The summed E-state index contributed by atoms with van der Waals surface area (Å²) < 4.78 is 4.43. The van der Waals surface area contributed by atoms with Crippen LogP contribution in [-0.2, 0) is 6.42 Å². The van der Waals surface area contributed by atoms with Crippen molar-refractivity contribution in [3.8, 4) is 51.8 Å². The fraction of sp³-hybridized carbons (Fsp3) is 0.0217. The molecule has 51 heavy (non-hydrogen) atoms. The molecule has 236 valence electrons. The second kappa shape index (κ2) is 11.9. The Morgan fingerprint density at radius 1 is 0.471 bits per heavy atom. The Kier molecular flexibility index (Phi) is 6.96. The summed E-state index contributed by atoms with van der Waals surface area (Å²) in [4.78, 5) is 0. The van der Waals surface area contributed by atoms with E-state index in [1.54, 1.807) is 0 Å². The van der Waals surface area contributed by atoms with Crippen molar-refractivity contribution in [2.24, 2.45) is 0 Å². The van der Waals surface area contributed by atoms with Crippen LogP contribution in [0.4, 0.5) is 0 Å².